The summed E-state index contributed by atoms with van der Waals surface area (Å²) in [5, 5.41) is 3.72. The molecule has 1 heterocycles. The van der Waals surface area contributed by atoms with E-state index in [2.05, 4.69) is 55.4 Å². The standard InChI is InChI=1S/C17H28N2/c1-14-7-4-5-8-16(14)10-11-18-15(2)17-9-6-12-19(3)13-17/h4-5,7-8,15,17-18H,6,9-13H2,1-3H3. The topological polar surface area (TPSA) is 15.3 Å². The first-order valence-electron chi connectivity index (χ1n) is 7.63. The molecule has 0 aromatic heterocycles. The molecule has 0 bridgehead atoms. The highest BCUT2D eigenvalue weighted by molar-refractivity contribution is 5.25. The van der Waals surface area contributed by atoms with Crippen LogP contribution in [-0.4, -0.2) is 37.6 Å². The Kier molecular flexibility index (Phi) is 5.41. The lowest BCUT2D eigenvalue weighted by atomic mass is 9.92. The number of benzene rings is 1. The largest absolute Gasteiger partial charge is 0.314 e. The van der Waals surface area contributed by atoms with E-state index in [0.717, 1.165) is 18.9 Å². The molecule has 0 saturated carbocycles. The van der Waals surface area contributed by atoms with Crippen molar-refractivity contribution >= 4 is 0 Å². The molecule has 1 aromatic carbocycles. The molecular weight excluding hydrogens is 232 g/mol. The fourth-order valence-corrected chi connectivity index (χ4v) is 3.11. The summed E-state index contributed by atoms with van der Waals surface area (Å²) >= 11 is 0. The average Bonchev–Trinajstić information content (AvgIpc) is 2.41. The SMILES string of the molecule is Cc1ccccc1CCNC(C)C1CCCN(C)C1. The van der Waals surface area contributed by atoms with E-state index in [9.17, 15) is 0 Å². The van der Waals surface area contributed by atoms with Crippen molar-refractivity contribution in [3.05, 3.63) is 35.4 Å². The predicted molar refractivity (Wildman–Crippen MR) is 82.6 cm³/mol. The lowest BCUT2D eigenvalue weighted by Gasteiger charge is -2.34. The summed E-state index contributed by atoms with van der Waals surface area (Å²) in [6.45, 7) is 8.16. The maximum Gasteiger partial charge on any atom is 0.00793 e. The van der Waals surface area contributed by atoms with Crippen LogP contribution in [0.5, 0.6) is 0 Å². The highest BCUT2D eigenvalue weighted by atomic mass is 15.1. The Labute approximate surface area is 118 Å². The fraction of sp³-hybridized carbons (Fsp3) is 0.647. The minimum atomic E-state index is 0.631. The maximum absolute atomic E-state index is 3.72. The first-order valence-corrected chi connectivity index (χ1v) is 7.63. The predicted octanol–water partition coefficient (Wildman–Crippen LogP) is 2.86. The van der Waals surface area contributed by atoms with Gasteiger partial charge < -0.3 is 10.2 Å². The van der Waals surface area contributed by atoms with Gasteiger partial charge in [-0.3, -0.25) is 0 Å². The van der Waals surface area contributed by atoms with Gasteiger partial charge in [0.05, 0.1) is 0 Å². The molecule has 2 heteroatoms. The van der Waals surface area contributed by atoms with Crippen molar-refractivity contribution in [2.45, 2.75) is 39.2 Å². The summed E-state index contributed by atoms with van der Waals surface area (Å²) < 4.78 is 0. The van der Waals surface area contributed by atoms with Gasteiger partial charge in [0.25, 0.3) is 0 Å². The van der Waals surface area contributed by atoms with Crippen LogP contribution in [0.15, 0.2) is 24.3 Å². The van der Waals surface area contributed by atoms with Gasteiger partial charge in [-0.1, -0.05) is 24.3 Å². The number of likely N-dealkylation sites (tertiary alicyclic amines) is 1. The van der Waals surface area contributed by atoms with Crippen LogP contribution < -0.4 is 5.32 Å². The second kappa shape index (κ2) is 7.06. The van der Waals surface area contributed by atoms with Gasteiger partial charge in [-0.05, 0) is 70.3 Å². The van der Waals surface area contributed by atoms with Gasteiger partial charge in [-0.15, -0.1) is 0 Å². The quantitative estimate of drug-likeness (QED) is 0.876. The van der Waals surface area contributed by atoms with Gasteiger partial charge in [0, 0.05) is 12.6 Å². The smallest absolute Gasteiger partial charge is 0.00793 e. The van der Waals surface area contributed by atoms with E-state index in [1.54, 1.807) is 0 Å². The zero-order valence-electron chi connectivity index (χ0n) is 12.7. The van der Waals surface area contributed by atoms with Crippen molar-refractivity contribution in [1.82, 2.24) is 10.2 Å². The third-order valence-corrected chi connectivity index (χ3v) is 4.49. The molecule has 1 fully saturated rings. The first kappa shape index (κ1) is 14.5. The fourth-order valence-electron chi connectivity index (χ4n) is 3.11. The van der Waals surface area contributed by atoms with E-state index in [1.807, 2.05) is 0 Å². The van der Waals surface area contributed by atoms with Gasteiger partial charge in [0.15, 0.2) is 0 Å². The normalized spacial score (nSPS) is 22.4. The molecule has 1 aliphatic heterocycles. The van der Waals surface area contributed by atoms with Gasteiger partial charge in [0.2, 0.25) is 0 Å². The molecule has 1 N–H and O–H groups in total. The Balaban J connectivity index is 1.74. The van der Waals surface area contributed by atoms with Crippen LogP contribution in [0.2, 0.25) is 0 Å². The molecule has 1 aliphatic rings. The zero-order chi connectivity index (χ0) is 13.7. The zero-order valence-corrected chi connectivity index (χ0v) is 12.7. The molecular formula is C17H28N2. The maximum atomic E-state index is 3.72. The molecule has 106 valence electrons. The molecule has 2 nitrogen and oxygen atoms in total. The van der Waals surface area contributed by atoms with Crippen LogP contribution in [0.1, 0.15) is 30.9 Å². The molecule has 0 amide bonds. The van der Waals surface area contributed by atoms with Crippen LogP contribution in [0.4, 0.5) is 0 Å². The number of piperidine rings is 1. The summed E-state index contributed by atoms with van der Waals surface area (Å²) in [6.07, 6.45) is 3.87. The molecule has 0 spiro atoms. The molecule has 2 atom stereocenters. The molecule has 0 radical (unpaired) electrons. The Bertz CT molecular complexity index is 389. The number of rotatable bonds is 5. The van der Waals surface area contributed by atoms with Crippen molar-refractivity contribution in [1.29, 1.82) is 0 Å². The Hall–Kier alpha value is -0.860. The summed E-state index contributed by atoms with van der Waals surface area (Å²) in [5.74, 6) is 0.815. The minimum Gasteiger partial charge on any atom is -0.314 e. The number of hydrogen-bond acceptors (Lipinski definition) is 2. The van der Waals surface area contributed by atoms with E-state index in [1.165, 1.54) is 37.1 Å². The van der Waals surface area contributed by atoms with Gasteiger partial charge in [-0.25, -0.2) is 0 Å². The van der Waals surface area contributed by atoms with Crippen LogP contribution in [0.3, 0.4) is 0 Å². The van der Waals surface area contributed by atoms with Crippen LogP contribution >= 0.6 is 0 Å². The molecule has 0 aliphatic carbocycles. The summed E-state index contributed by atoms with van der Waals surface area (Å²) in [7, 11) is 2.24. The van der Waals surface area contributed by atoms with Crippen molar-refractivity contribution in [3.8, 4) is 0 Å². The summed E-state index contributed by atoms with van der Waals surface area (Å²) in [6, 6.07) is 9.34. The third kappa shape index (κ3) is 4.32. The monoisotopic (exact) mass is 260 g/mol. The second-order valence-corrected chi connectivity index (χ2v) is 6.08. The molecule has 1 aromatic rings. The van der Waals surface area contributed by atoms with Gasteiger partial charge >= 0.3 is 0 Å². The Morgan fingerprint density at radius 2 is 2.16 bits per heavy atom. The summed E-state index contributed by atoms with van der Waals surface area (Å²) in [5.41, 5.74) is 2.89. The van der Waals surface area contributed by atoms with Crippen LogP contribution in [-0.2, 0) is 6.42 Å². The highest BCUT2D eigenvalue weighted by Crippen LogP contribution is 2.18. The van der Waals surface area contributed by atoms with Crippen molar-refractivity contribution < 1.29 is 0 Å². The Morgan fingerprint density at radius 3 is 2.89 bits per heavy atom. The van der Waals surface area contributed by atoms with E-state index in [-0.39, 0.29) is 0 Å². The van der Waals surface area contributed by atoms with Crippen LogP contribution in [0.25, 0.3) is 0 Å². The van der Waals surface area contributed by atoms with E-state index < -0.39 is 0 Å². The highest BCUT2D eigenvalue weighted by Gasteiger charge is 2.22. The second-order valence-electron chi connectivity index (χ2n) is 6.08. The molecule has 1 saturated heterocycles. The van der Waals surface area contributed by atoms with E-state index in [4.69, 9.17) is 0 Å². The number of nitrogens with zero attached hydrogens (tertiary/aromatic N) is 1. The molecule has 2 unspecified atom stereocenters. The summed E-state index contributed by atoms with van der Waals surface area (Å²) in [4.78, 5) is 2.47. The Morgan fingerprint density at radius 1 is 1.37 bits per heavy atom. The van der Waals surface area contributed by atoms with E-state index >= 15 is 0 Å². The lowest BCUT2D eigenvalue weighted by molar-refractivity contribution is 0.179. The average molecular weight is 260 g/mol. The van der Waals surface area contributed by atoms with Crippen molar-refractivity contribution in [2.75, 3.05) is 26.7 Å². The first-order chi connectivity index (χ1) is 9.16. The van der Waals surface area contributed by atoms with Gasteiger partial charge in [0.1, 0.15) is 0 Å². The third-order valence-electron chi connectivity index (χ3n) is 4.49. The van der Waals surface area contributed by atoms with Crippen molar-refractivity contribution in [2.24, 2.45) is 5.92 Å². The van der Waals surface area contributed by atoms with Crippen molar-refractivity contribution in [3.63, 3.8) is 0 Å². The minimum absolute atomic E-state index is 0.631. The number of aryl methyl sites for hydroxylation is 1. The molecule has 19 heavy (non-hydrogen) atoms. The number of nitrogens with one attached hydrogen (secondary N) is 1. The molecule has 2 rings (SSSR count). The van der Waals surface area contributed by atoms with E-state index in [0.29, 0.717) is 6.04 Å². The van der Waals surface area contributed by atoms with Crippen LogP contribution in [0, 0.1) is 12.8 Å². The lowest BCUT2D eigenvalue weighted by Crippen LogP contribution is -2.43. The van der Waals surface area contributed by atoms with Gasteiger partial charge in [-0.2, -0.15) is 0 Å². The number of hydrogen-bond donors (Lipinski definition) is 1.